The summed E-state index contributed by atoms with van der Waals surface area (Å²) >= 11 is 0. The van der Waals surface area contributed by atoms with E-state index in [1.807, 2.05) is 12.3 Å². The third kappa shape index (κ3) is 3.59. The van der Waals surface area contributed by atoms with E-state index in [-0.39, 0.29) is 5.92 Å². The summed E-state index contributed by atoms with van der Waals surface area (Å²) in [5.41, 5.74) is 2.37. The number of aromatic nitrogens is 1. The second-order valence-corrected chi connectivity index (χ2v) is 6.72. The molecule has 2 heterocycles. The molecule has 3 rings (SSSR count). The van der Waals surface area contributed by atoms with Crippen LogP contribution in [0.15, 0.2) is 36.5 Å². The summed E-state index contributed by atoms with van der Waals surface area (Å²) in [5, 5.41) is 10.5. The second-order valence-electron chi connectivity index (χ2n) is 6.72. The Hall–Kier alpha value is -1.94. The number of piperidine rings is 1. The number of likely N-dealkylation sites (tertiary alicyclic amines) is 1. The monoisotopic (exact) mass is 326 g/mol. The lowest BCUT2D eigenvalue weighted by Crippen LogP contribution is -2.38. The van der Waals surface area contributed by atoms with Crippen LogP contribution in [0.2, 0.25) is 0 Å². The Morgan fingerprint density at radius 1 is 1.29 bits per heavy atom. The van der Waals surface area contributed by atoms with Gasteiger partial charge in [0.2, 0.25) is 0 Å². The number of carbonyl (C=O) groups is 1. The van der Waals surface area contributed by atoms with Gasteiger partial charge in [-0.3, -0.25) is 14.7 Å². The van der Waals surface area contributed by atoms with Gasteiger partial charge in [-0.15, -0.1) is 0 Å². The van der Waals surface area contributed by atoms with Gasteiger partial charge in [-0.1, -0.05) is 38.0 Å². The number of hydrogen-bond donors (Lipinski definition) is 1. The summed E-state index contributed by atoms with van der Waals surface area (Å²) in [6.07, 6.45) is 6.87. The quantitative estimate of drug-likeness (QED) is 0.861. The van der Waals surface area contributed by atoms with Crippen LogP contribution in [0.5, 0.6) is 0 Å². The van der Waals surface area contributed by atoms with Gasteiger partial charge in [0, 0.05) is 17.6 Å². The second kappa shape index (κ2) is 7.75. The number of hydrogen-bond acceptors (Lipinski definition) is 3. The SMILES string of the molecule is CCCCC(c1ccnc2ccccc12)N1CCC(C(=O)O)CC1. The Bertz CT molecular complexity index is 688. The number of carboxylic acid groups (broad SMARTS) is 1. The summed E-state index contributed by atoms with van der Waals surface area (Å²) in [6, 6.07) is 10.8. The fraction of sp³-hybridized carbons (Fsp3) is 0.500. The average molecular weight is 326 g/mol. The number of nitrogens with zero attached hydrogens (tertiary/aromatic N) is 2. The van der Waals surface area contributed by atoms with Crippen molar-refractivity contribution in [2.45, 2.75) is 45.1 Å². The number of benzene rings is 1. The first-order valence-electron chi connectivity index (χ1n) is 9.01. The molecule has 0 saturated carbocycles. The van der Waals surface area contributed by atoms with E-state index in [1.54, 1.807) is 0 Å². The van der Waals surface area contributed by atoms with Crippen LogP contribution >= 0.6 is 0 Å². The van der Waals surface area contributed by atoms with E-state index in [0.29, 0.717) is 6.04 Å². The zero-order valence-electron chi connectivity index (χ0n) is 14.3. The van der Waals surface area contributed by atoms with E-state index in [1.165, 1.54) is 23.8 Å². The van der Waals surface area contributed by atoms with Crippen LogP contribution in [0.25, 0.3) is 10.9 Å². The summed E-state index contributed by atoms with van der Waals surface area (Å²) in [6.45, 7) is 3.95. The maximum atomic E-state index is 11.2. The van der Waals surface area contributed by atoms with E-state index in [2.05, 4.69) is 41.1 Å². The van der Waals surface area contributed by atoms with Crippen LogP contribution in [0.1, 0.15) is 50.6 Å². The number of pyridine rings is 1. The van der Waals surface area contributed by atoms with Crippen molar-refractivity contribution in [1.82, 2.24) is 9.88 Å². The first kappa shape index (κ1) is 16.9. The van der Waals surface area contributed by atoms with E-state index >= 15 is 0 Å². The van der Waals surface area contributed by atoms with Crippen molar-refractivity contribution in [3.63, 3.8) is 0 Å². The highest BCUT2D eigenvalue weighted by Gasteiger charge is 2.29. The van der Waals surface area contributed by atoms with Gasteiger partial charge in [0.15, 0.2) is 0 Å². The van der Waals surface area contributed by atoms with Crippen molar-refractivity contribution < 1.29 is 9.90 Å². The molecule has 1 fully saturated rings. The number of para-hydroxylation sites is 1. The zero-order valence-corrected chi connectivity index (χ0v) is 14.3. The Labute approximate surface area is 143 Å². The molecule has 128 valence electrons. The lowest BCUT2D eigenvalue weighted by molar-refractivity contribution is -0.143. The van der Waals surface area contributed by atoms with Crippen LogP contribution in [0.4, 0.5) is 0 Å². The maximum Gasteiger partial charge on any atom is 0.306 e. The van der Waals surface area contributed by atoms with Crippen LogP contribution in [0, 0.1) is 5.92 Å². The predicted molar refractivity (Wildman–Crippen MR) is 95.9 cm³/mol. The molecule has 1 aliphatic rings. The minimum absolute atomic E-state index is 0.178. The lowest BCUT2D eigenvalue weighted by atomic mass is 9.91. The van der Waals surface area contributed by atoms with Crippen LogP contribution < -0.4 is 0 Å². The predicted octanol–water partition coefficient (Wildman–Crippen LogP) is 4.26. The Kier molecular flexibility index (Phi) is 5.46. The zero-order chi connectivity index (χ0) is 16.9. The van der Waals surface area contributed by atoms with Crippen molar-refractivity contribution in [1.29, 1.82) is 0 Å². The number of rotatable bonds is 6. The van der Waals surface area contributed by atoms with Gasteiger partial charge < -0.3 is 5.11 Å². The molecule has 24 heavy (non-hydrogen) atoms. The Morgan fingerprint density at radius 2 is 2.04 bits per heavy atom. The molecule has 0 aliphatic carbocycles. The molecule has 4 nitrogen and oxygen atoms in total. The number of fused-ring (bicyclic) bond motifs is 1. The molecule has 1 unspecified atom stereocenters. The molecular weight excluding hydrogens is 300 g/mol. The third-order valence-corrected chi connectivity index (χ3v) is 5.19. The summed E-state index contributed by atoms with van der Waals surface area (Å²) in [4.78, 5) is 18.2. The van der Waals surface area contributed by atoms with E-state index < -0.39 is 5.97 Å². The Morgan fingerprint density at radius 3 is 2.75 bits per heavy atom. The minimum atomic E-state index is -0.644. The average Bonchev–Trinajstić information content (AvgIpc) is 2.62. The van der Waals surface area contributed by atoms with Crippen molar-refractivity contribution in [2.75, 3.05) is 13.1 Å². The summed E-state index contributed by atoms with van der Waals surface area (Å²) < 4.78 is 0. The van der Waals surface area contributed by atoms with Gasteiger partial charge in [0.25, 0.3) is 0 Å². The topological polar surface area (TPSA) is 53.4 Å². The largest absolute Gasteiger partial charge is 0.481 e. The molecule has 0 bridgehead atoms. The molecule has 2 aromatic rings. The molecule has 1 atom stereocenters. The molecule has 1 aromatic heterocycles. The highest BCUT2D eigenvalue weighted by molar-refractivity contribution is 5.82. The molecule has 1 aliphatic heterocycles. The van der Waals surface area contributed by atoms with Gasteiger partial charge in [0.1, 0.15) is 0 Å². The molecule has 0 spiro atoms. The third-order valence-electron chi connectivity index (χ3n) is 5.19. The minimum Gasteiger partial charge on any atom is -0.481 e. The molecule has 1 saturated heterocycles. The maximum absolute atomic E-state index is 11.2. The van der Waals surface area contributed by atoms with Gasteiger partial charge >= 0.3 is 5.97 Å². The van der Waals surface area contributed by atoms with Crippen LogP contribution in [-0.4, -0.2) is 34.0 Å². The number of aliphatic carboxylic acids is 1. The van der Waals surface area contributed by atoms with Crippen molar-refractivity contribution in [2.24, 2.45) is 5.92 Å². The standard InChI is InChI=1S/C20H26N2O2/c1-2-3-8-19(22-13-10-15(11-14-22)20(23)24)17-9-12-21-18-7-5-4-6-16(17)18/h4-7,9,12,15,19H,2-3,8,10-11,13-14H2,1H3,(H,23,24). The highest BCUT2D eigenvalue weighted by Crippen LogP contribution is 2.34. The smallest absolute Gasteiger partial charge is 0.306 e. The van der Waals surface area contributed by atoms with Crippen LogP contribution in [-0.2, 0) is 4.79 Å². The number of unbranched alkanes of at least 4 members (excludes halogenated alkanes) is 1. The highest BCUT2D eigenvalue weighted by atomic mass is 16.4. The fourth-order valence-corrected chi connectivity index (χ4v) is 3.80. The Balaban J connectivity index is 1.87. The molecule has 1 N–H and O–H groups in total. The lowest BCUT2D eigenvalue weighted by Gasteiger charge is -2.37. The normalized spacial score (nSPS) is 17.9. The molecule has 4 heteroatoms. The van der Waals surface area contributed by atoms with Gasteiger partial charge in [-0.25, -0.2) is 0 Å². The van der Waals surface area contributed by atoms with Crippen molar-refractivity contribution in [3.05, 3.63) is 42.1 Å². The van der Waals surface area contributed by atoms with Gasteiger partial charge in [0.05, 0.1) is 11.4 Å². The first-order valence-corrected chi connectivity index (χ1v) is 9.01. The number of carboxylic acids is 1. The van der Waals surface area contributed by atoms with Crippen molar-refractivity contribution in [3.8, 4) is 0 Å². The molecular formula is C20H26N2O2. The fourth-order valence-electron chi connectivity index (χ4n) is 3.80. The van der Waals surface area contributed by atoms with E-state index in [0.717, 1.165) is 37.9 Å². The first-order chi connectivity index (χ1) is 11.7. The summed E-state index contributed by atoms with van der Waals surface area (Å²) in [5.74, 6) is -0.823. The van der Waals surface area contributed by atoms with Crippen molar-refractivity contribution >= 4 is 16.9 Å². The molecule has 1 aromatic carbocycles. The molecule has 0 radical (unpaired) electrons. The van der Waals surface area contributed by atoms with E-state index in [4.69, 9.17) is 0 Å². The van der Waals surface area contributed by atoms with Gasteiger partial charge in [-0.2, -0.15) is 0 Å². The molecule has 0 amide bonds. The van der Waals surface area contributed by atoms with Gasteiger partial charge in [-0.05, 0) is 50.0 Å². The summed E-state index contributed by atoms with van der Waals surface area (Å²) in [7, 11) is 0. The van der Waals surface area contributed by atoms with E-state index in [9.17, 15) is 9.90 Å². The van der Waals surface area contributed by atoms with Crippen LogP contribution in [0.3, 0.4) is 0 Å².